The molecule has 0 radical (unpaired) electrons. The molecular weight excluding hydrogens is 673 g/mol. The van der Waals surface area contributed by atoms with Gasteiger partial charge in [-0.05, 0) is 88.0 Å². The van der Waals surface area contributed by atoms with Gasteiger partial charge in [0.05, 0.1) is 22.2 Å². The Bertz CT molecular complexity index is 3310. The van der Waals surface area contributed by atoms with E-state index in [0.717, 1.165) is 17.1 Å². The van der Waals surface area contributed by atoms with Gasteiger partial charge in [0.2, 0.25) is 0 Å². The zero-order valence-corrected chi connectivity index (χ0v) is 30.8. The number of benzene rings is 8. The largest absolute Gasteiger partial charge is 0.308 e. The number of para-hydroxylation sites is 3. The number of hydrogen-bond acceptors (Lipinski definition) is 2. The quantitative estimate of drug-likeness (QED) is 0.177. The van der Waals surface area contributed by atoms with E-state index < -0.39 is 0 Å². The second kappa shape index (κ2) is 10.8. The summed E-state index contributed by atoms with van der Waals surface area (Å²) in [4.78, 5) is 2.47. The van der Waals surface area contributed by atoms with Crippen molar-refractivity contribution in [2.45, 2.75) is 19.3 Å². The minimum Gasteiger partial charge on any atom is -0.308 e. The Morgan fingerprint density at radius 3 is 1.94 bits per heavy atom. The molecule has 1 aliphatic carbocycles. The van der Waals surface area contributed by atoms with Gasteiger partial charge in [-0.15, -0.1) is 11.3 Å². The first-order chi connectivity index (χ1) is 26.5. The third-order valence-corrected chi connectivity index (χ3v) is 13.3. The molecule has 54 heavy (non-hydrogen) atoms. The fraction of sp³-hybridized carbons (Fsp3) is 0.0588. The van der Waals surface area contributed by atoms with Gasteiger partial charge in [0, 0.05) is 58.5 Å². The summed E-state index contributed by atoms with van der Waals surface area (Å²) in [5.74, 6) is 0. The molecule has 0 bridgehead atoms. The molecule has 8 aromatic carbocycles. The summed E-state index contributed by atoms with van der Waals surface area (Å²) in [6.07, 6.45) is 0. The summed E-state index contributed by atoms with van der Waals surface area (Å²) in [6.45, 7) is 4.69. The lowest BCUT2D eigenvalue weighted by Gasteiger charge is -2.27. The molecule has 0 spiro atoms. The average molecular weight is 707 g/mol. The molecule has 0 fully saturated rings. The van der Waals surface area contributed by atoms with Crippen LogP contribution in [-0.4, -0.2) is 4.40 Å². The predicted molar refractivity (Wildman–Crippen MR) is 232 cm³/mol. The maximum absolute atomic E-state index is 2.51. The standard InChI is InChI=1S/C51H34N2S/c1-51(2)43-17-6-3-11-35(43)41-29-32(23-27-44(41)51)31-21-24-33(25-22-31)52(34-26-28-48-42(30-34)37-13-5-8-20-47(37)54-48)46-19-10-16-40-39-15-9-14-38-36-12-4-7-18-45(36)53(49(38)39)50(40)46/h3-30H,1-2H3. The van der Waals surface area contributed by atoms with E-state index in [9.17, 15) is 0 Å². The lowest BCUT2D eigenvalue weighted by Crippen LogP contribution is -2.14. The van der Waals surface area contributed by atoms with E-state index in [0.29, 0.717) is 0 Å². The van der Waals surface area contributed by atoms with Crippen molar-refractivity contribution in [2.75, 3.05) is 4.90 Å². The summed E-state index contributed by atoms with van der Waals surface area (Å²) in [5.41, 5.74) is 15.1. The van der Waals surface area contributed by atoms with Crippen LogP contribution in [0.15, 0.2) is 170 Å². The number of anilines is 3. The summed E-state index contributed by atoms with van der Waals surface area (Å²) >= 11 is 1.87. The third-order valence-electron chi connectivity index (χ3n) is 12.1. The van der Waals surface area contributed by atoms with Crippen LogP contribution in [-0.2, 0) is 5.41 Å². The number of fused-ring (bicyclic) bond motifs is 12. The molecule has 12 rings (SSSR count). The van der Waals surface area contributed by atoms with Crippen molar-refractivity contribution < 1.29 is 0 Å². The van der Waals surface area contributed by atoms with Gasteiger partial charge < -0.3 is 9.30 Å². The number of aromatic nitrogens is 1. The molecule has 0 saturated carbocycles. The van der Waals surface area contributed by atoms with Crippen LogP contribution < -0.4 is 4.90 Å². The van der Waals surface area contributed by atoms with E-state index >= 15 is 0 Å². The maximum atomic E-state index is 2.51. The van der Waals surface area contributed by atoms with Gasteiger partial charge in [0.1, 0.15) is 0 Å². The molecular formula is C51H34N2S. The van der Waals surface area contributed by atoms with Gasteiger partial charge in [0.15, 0.2) is 0 Å². The number of nitrogens with zero attached hydrogens (tertiary/aromatic N) is 2. The van der Waals surface area contributed by atoms with Crippen molar-refractivity contribution in [1.82, 2.24) is 4.40 Å². The van der Waals surface area contributed by atoms with Crippen LogP contribution in [0, 0.1) is 0 Å². The first kappa shape index (κ1) is 30.1. The summed E-state index contributed by atoms with van der Waals surface area (Å²) in [7, 11) is 0. The van der Waals surface area contributed by atoms with Gasteiger partial charge >= 0.3 is 0 Å². The summed E-state index contributed by atoms with van der Waals surface area (Å²) < 4.78 is 5.13. The van der Waals surface area contributed by atoms with E-state index in [2.05, 4.69) is 193 Å². The van der Waals surface area contributed by atoms with Crippen LogP contribution in [0.3, 0.4) is 0 Å². The van der Waals surface area contributed by atoms with Gasteiger partial charge in [-0.1, -0.05) is 129 Å². The number of hydrogen-bond donors (Lipinski definition) is 0. The summed E-state index contributed by atoms with van der Waals surface area (Å²) in [5, 5.41) is 7.74. The fourth-order valence-electron chi connectivity index (χ4n) is 9.62. The SMILES string of the molecule is CC1(C)c2ccccc2-c2cc(-c3ccc(N(c4ccc5sc6ccccc6c5c4)c4cccc5c6cccc7c8ccccc8n(c45)c76)cc3)ccc21. The van der Waals surface area contributed by atoms with E-state index in [1.165, 1.54) is 91.6 Å². The molecule has 3 heteroatoms. The molecule has 0 unspecified atom stereocenters. The zero-order valence-electron chi connectivity index (χ0n) is 30.0. The Labute approximate surface area is 317 Å². The minimum absolute atomic E-state index is 0.00405. The predicted octanol–water partition coefficient (Wildman–Crippen LogP) is 14.6. The number of thiophene rings is 1. The molecule has 0 saturated heterocycles. The lowest BCUT2D eigenvalue weighted by molar-refractivity contribution is 0.660. The second-order valence-corrected chi connectivity index (χ2v) is 16.4. The molecule has 2 nitrogen and oxygen atoms in total. The van der Waals surface area contributed by atoms with Crippen molar-refractivity contribution in [3.63, 3.8) is 0 Å². The minimum atomic E-state index is -0.00405. The van der Waals surface area contributed by atoms with Crippen molar-refractivity contribution in [3.8, 4) is 22.3 Å². The highest BCUT2D eigenvalue weighted by molar-refractivity contribution is 7.25. The fourth-order valence-corrected chi connectivity index (χ4v) is 10.7. The molecule has 3 heterocycles. The molecule has 1 aliphatic rings. The van der Waals surface area contributed by atoms with Crippen LogP contribution in [0.5, 0.6) is 0 Å². The molecule has 0 N–H and O–H groups in total. The lowest BCUT2D eigenvalue weighted by atomic mass is 9.82. The van der Waals surface area contributed by atoms with Crippen molar-refractivity contribution in [3.05, 3.63) is 181 Å². The van der Waals surface area contributed by atoms with E-state index in [4.69, 9.17) is 0 Å². The van der Waals surface area contributed by atoms with Gasteiger partial charge in [0.25, 0.3) is 0 Å². The topological polar surface area (TPSA) is 7.65 Å². The van der Waals surface area contributed by atoms with Crippen LogP contribution >= 0.6 is 11.3 Å². The van der Waals surface area contributed by atoms with E-state index in [1.54, 1.807) is 0 Å². The van der Waals surface area contributed by atoms with Crippen molar-refractivity contribution in [2.24, 2.45) is 0 Å². The Morgan fingerprint density at radius 2 is 1.07 bits per heavy atom. The molecule has 0 aliphatic heterocycles. The van der Waals surface area contributed by atoms with Crippen LogP contribution in [0.25, 0.3) is 80.5 Å². The molecule has 3 aromatic heterocycles. The van der Waals surface area contributed by atoms with Crippen molar-refractivity contribution in [1.29, 1.82) is 0 Å². The maximum Gasteiger partial charge on any atom is 0.0782 e. The van der Waals surface area contributed by atoms with Crippen LogP contribution in [0.1, 0.15) is 25.0 Å². The first-order valence-corrected chi connectivity index (χ1v) is 19.6. The molecule has 0 amide bonds. The Hall–Kier alpha value is -6.42. The van der Waals surface area contributed by atoms with Gasteiger partial charge in [-0.2, -0.15) is 0 Å². The Kier molecular flexibility index (Phi) is 6.03. The van der Waals surface area contributed by atoms with Gasteiger partial charge in [-0.3, -0.25) is 0 Å². The Balaban J connectivity index is 1.08. The Morgan fingerprint density at radius 1 is 0.444 bits per heavy atom. The second-order valence-electron chi connectivity index (χ2n) is 15.3. The van der Waals surface area contributed by atoms with E-state index in [1.807, 2.05) is 11.3 Å². The molecule has 0 atom stereocenters. The highest BCUT2D eigenvalue weighted by atomic mass is 32.1. The van der Waals surface area contributed by atoms with Crippen LogP contribution in [0.2, 0.25) is 0 Å². The van der Waals surface area contributed by atoms with Crippen LogP contribution in [0.4, 0.5) is 17.1 Å². The molecule has 11 aromatic rings. The number of rotatable bonds is 4. The summed E-state index contributed by atoms with van der Waals surface area (Å²) in [6, 6.07) is 63.4. The highest BCUT2D eigenvalue weighted by Crippen LogP contribution is 2.50. The molecule has 254 valence electrons. The monoisotopic (exact) mass is 706 g/mol. The zero-order chi connectivity index (χ0) is 35.7. The van der Waals surface area contributed by atoms with Gasteiger partial charge in [-0.25, -0.2) is 0 Å². The smallest absolute Gasteiger partial charge is 0.0782 e. The normalized spacial score (nSPS) is 13.5. The van der Waals surface area contributed by atoms with Crippen molar-refractivity contribution >= 4 is 86.7 Å². The third kappa shape index (κ3) is 4.00. The first-order valence-electron chi connectivity index (χ1n) is 18.8. The van der Waals surface area contributed by atoms with E-state index in [-0.39, 0.29) is 5.41 Å². The average Bonchev–Trinajstić information content (AvgIpc) is 3.93. The highest BCUT2D eigenvalue weighted by Gasteiger charge is 2.35.